The number of aliphatic carboxylic acids is 1. The van der Waals surface area contributed by atoms with Gasteiger partial charge in [-0.3, -0.25) is 9.59 Å². The first-order chi connectivity index (χ1) is 44.1. The van der Waals surface area contributed by atoms with Crippen LogP contribution in [0.25, 0.3) is 0 Å². The first-order valence-electron chi connectivity index (χ1n) is 40.4. The van der Waals surface area contributed by atoms with Crippen molar-refractivity contribution in [1.29, 1.82) is 0 Å². The Kier molecular flexibility index (Phi) is 71.3. The van der Waals surface area contributed by atoms with Crippen LogP contribution in [-0.2, 0) is 33.3 Å². The quantitative estimate of drug-likeness (QED) is 0.0211. The van der Waals surface area contributed by atoms with Crippen molar-refractivity contribution in [2.75, 3.05) is 47.5 Å². The number of unbranched alkanes of at least 4 members (excludes halogenated alkanes) is 60. The van der Waals surface area contributed by atoms with Crippen molar-refractivity contribution in [3.63, 3.8) is 0 Å². The Morgan fingerprint density at radius 3 is 0.822 bits per heavy atom. The van der Waals surface area contributed by atoms with Crippen molar-refractivity contribution >= 4 is 17.9 Å². The summed E-state index contributed by atoms with van der Waals surface area (Å²) in [7, 11) is 6.00. The van der Waals surface area contributed by atoms with Gasteiger partial charge in [0.1, 0.15) is 13.2 Å². The number of likely N-dealkylation sites (N-methyl/N-ethyl adjacent to an activating group) is 1. The number of carbonyl (C=O) groups is 3. The summed E-state index contributed by atoms with van der Waals surface area (Å²) in [5.41, 5.74) is 0. The van der Waals surface area contributed by atoms with Gasteiger partial charge in [0.25, 0.3) is 6.29 Å². The molecule has 0 aromatic heterocycles. The van der Waals surface area contributed by atoms with E-state index < -0.39 is 18.4 Å². The zero-order chi connectivity index (χ0) is 65.4. The molecule has 2 atom stereocenters. The Bertz CT molecular complexity index is 1480. The average molecular weight is 1270 g/mol. The van der Waals surface area contributed by atoms with Crippen molar-refractivity contribution in [2.24, 2.45) is 0 Å². The number of nitrogens with zero attached hydrogens (tertiary/aromatic N) is 1. The third kappa shape index (κ3) is 73.4. The summed E-state index contributed by atoms with van der Waals surface area (Å²) < 4.78 is 23.1. The van der Waals surface area contributed by atoms with Crippen LogP contribution in [0.15, 0.2) is 12.2 Å². The number of quaternary nitrogens is 1. The van der Waals surface area contributed by atoms with Crippen LogP contribution < -0.4 is 0 Å². The molecule has 2 unspecified atom stereocenters. The SMILES string of the molecule is CCCCCCCCCC/C=C\CCCCCCCCCCCCCCCCCCCC(=O)OC(COC(=O)CCCCCCCCCCCCCCCCCCCCCCCCCCCCCCCCCCCCCC)COC(OCC[N+](C)(C)C)C(=O)O. The lowest BCUT2D eigenvalue weighted by Crippen LogP contribution is -2.40. The lowest BCUT2D eigenvalue weighted by Gasteiger charge is -2.25. The normalized spacial score (nSPS) is 12.6. The fraction of sp³-hybridized carbons (Fsp3) is 0.938. The van der Waals surface area contributed by atoms with Crippen LogP contribution in [0.1, 0.15) is 431 Å². The maximum absolute atomic E-state index is 13.0. The van der Waals surface area contributed by atoms with Crippen LogP contribution in [0.5, 0.6) is 0 Å². The van der Waals surface area contributed by atoms with Gasteiger partial charge in [0.2, 0.25) is 0 Å². The number of esters is 2. The molecule has 534 valence electrons. The summed E-state index contributed by atoms with van der Waals surface area (Å²) in [5.74, 6) is -1.97. The molecule has 0 aromatic carbocycles. The summed E-state index contributed by atoms with van der Waals surface area (Å²) in [6.45, 7) is 4.97. The fourth-order valence-corrected chi connectivity index (χ4v) is 12.6. The minimum absolute atomic E-state index is 0.173. The lowest BCUT2D eigenvalue weighted by atomic mass is 10.0. The van der Waals surface area contributed by atoms with Gasteiger partial charge in [-0.2, -0.15) is 0 Å². The smallest absolute Gasteiger partial charge is 0.361 e. The largest absolute Gasteiger partial charge is 0.477 e. The zero-order valence-corrected chi connectivity index (χ0v) is 61.4. The minimum atomic E-state index is -1.51. The molecule has 0 aliphatic heterocycles. The van der Waals surface area contributed by atoms with Gasteiger partial charge < -0.3 is 28.5 Å². The van der Waals surface area contributed by atoms with E-state index in [-0.39, 0.29) is 38.2 Å². The molecule has 0 saturated heterocycles. The maximum Gasteiger partial charge on any atom is 0.361 e. The molecule has 0 heterocycles. The van der Waals surface area contributed by atoms with Crippen LogP contribution in [0.2, 0.25) is 0 Å². The number of hydrogen-bond acceptors (Lipinski definition) is 7. The number of hydrogen-bond donors (Lipinski definition) is 1. The van der Waals surface area contributed by atoms with E-state index in [0.717, 1.165) is 38.5 Å². The molecule has 0 amide bonds. The van der Waals surface area contributed by atoms with E-state index in [1.807, 2.05) is 21.1 Å². The third-order valence-electron chi connectivity index (χ3n) is 18.8. The van der Waals surface area contributed by atoms with Crippen LogP contribution in [0.4, 0.5) is 0 Å². The summed E-state index contributed by atoms with van der Waals surface area (Å²) >= 11 is 0. The highest BCUT2D eigenvalue weighted by atomic mass is 16.7. The number of carboxylic acid groups (broad SMARTS) is 1. The topological polar surface area (TPSA) is 108 Å². The second kappa shape index (κ2) is 72.9. The van der Waals surface area contributed by atoms with E-state index in [1.165, 1.54) is 366 Å². The average Bonchev–Trinajstić information content (AvgIpc) is 3.74. The van der Waals surface area contributed by atoms with E-state index in [2.05, 4.69) is 26.0 Å². The molecule has 0 radical (unpaired) electrons. The monoisotopic (exact) mass is 1270 g/mol. The Hall–Kier alpha value is -1.97. The Labute approximate surface area is 561 Å². The molecular formula is C81H158NO8+. The van der Waals surface area contributed by atoms with Gasteiger partial charge in [0, 0.05) is 12.8 Å². The first-order valence-corrected chi connectivity index (χ1v) is 40.4. The third-order valence-corrected chi connectivity index (χ3v) is 18.8. The van der Waals surface area contributed by atoms with Gasteiger partial charge in [-0.05, 0) is 38.5 Å². The molecule has 0 fully saturated rings. The molecule has 0 aliphatic rings. The Morgan fingerprint density at radius 1 is 0.322 bits per heavy atom. The molecule has 0 bridgehead atoms. The number of carbonyl (C=O) groups excluding carboxylic acids is 2. The van der Waals surface area contributed by atoms with Crippen LogP contribution in [0.3, 0.4) is 0 Å². The molecule has 0 aliphatic carbocycles. The van der Waals surface area contributed by atoms with E-state index in [4.69, 9.17) is 18.9 Å². The highest BCUT2D eigenvalue weighted by molar-refractivity contribution is 5.71. The minimum Gasteiger partial charge on any atom is -0.477 e. The van der Waals surface area contributed by atoms with Crippen molar-refractivity contribution in [3.05, 3.63) is 12.2 Å². The molecule has 9 heteroatoms. The van der Waals surface area contributed by atoms with Gasteiger partial charge in [0.15, 0.2) is 6.10 Å². The van der Waals surface area contributed by atoms with Gasteiger partial charge in [-0.15, -0.1) is 0 Å². The van der Waals surface area contributed by atoms with Gasteiger partial charge in [-0.25, -0.2) is 4.79 Å². The molecule has 9 nitrogen and oxygen atoms in total. The summed E-state index contributed by atoms with van der Waals surface area (Å²) in [5, 5.41) is 9.77. The zero-order valence-electron chi connectivity index (χ0n) is 61.4. The summed E-state index contributed by atoms with van der Waals surface area (Å²) in [6, 6.07) is 0. The molecule has 1 N–H and O–H groups in total. The van der Waals surface area contributed by atoms with Crippen molar-refractivity contribution in [2.45, 2.75) is 444 Å². The van der Waals surface area contributed by atoms with Crippen molar-refractivity contribution in [3.8, 4) is 0 Å². The summed E-state index contributed by atoms with van der Waals surface area (Å²) in [4.78, 5) is 37.7. The van der Waals surface area contributed by atoms with Crippen LogP contribution in [-0.4, -0.2) is 87.4 Å². The van der Waals surface area contributed by atoms with Crippen LogP contribution in [0, 0.1) is 0 Å². The van der Waals surface area contributed by atoms with Crippen LogP contribution >= 0.6 is 0 Å². The molecule has 0 saturated carbocycles. The molecule has 0 rings (SSSR count). The second-order valence-electron chi connectivity index (χ2n) is 29.1. The van der Waals surface area contributed by atoms with Gasteiger partial charge >= 0.3 is 17.9 Å². The predicted octanol–water partition coefficient (Wildman–Crippen LogP) is 25.5. The summed E-state index contributed by atoms with van der Waals surface area (Å²) in [6.07, 6.45) is 88.1. The number of allylic oxidation sites excluding steroid dienone is 2. The van der Waals surface area contributed by atoms with Crippen molar-refractivity contribution in [1.82, 2.24) is 0 Å². The molecule has 0 spiro atoms. The standard InChI is InChI=1S/C81H157NO8/c1-6-8-10-12-14-16-18-20-22-24-26-28-30-32-34-36-37-38-39-40-41-42-44-45-47-49-51-53-55-57-59-61-63-65-67-69-71-78(83)88-75-77(76-89-81(80(85)86)87-74-73-82(3,4)5)90-79(84)72-70-68-66-64-62-60-58-56-54-52-50-48-46-43-35-33-31-29-27-25-23-21-19-17-15-13-11-9-7-2/h25,27,77,81H,6-24,26,28-76H2,1-5H3/p+1/b27-25-. The first kappa shape index (κ1) is 88.0. The maximum atomic E-state index is 13.0. The highest BCUT2D eigenvalue weighted by Crippen LogP contribution is 2.20. The molecule has 0 aromatic rings. The van der Waals surface area contributed by atoms with Crippen molar-refractivity contribution < 1.29 is 42.9 Å². The van der Waals surface area contributed by atoms with Gasteiger partial charge in [0.05, 0.1) is 34.4 Å². The fourth-order valence-electron chi connectivity index (χ4n) is 12.6. The van der Waals surface area contributed by atoms with E-state index in [9.17, 15) is 19.5 Å². The number of carboxylic acids is 1. The molecule has 90 heavy (non-hydrogen) atoms. The van der Waals surface area contributed by atoms with Gasteiger partial charge in [-0.1, -0.05) is 392 Å². The number of rotatable bonds is 77. The Balaban J connectivity index is 3.94. The highest BCUT2D eigenvalue weighted by Gasteiger charge is 2.25. The second-order valence-corrected chi connectivity index (χ2v) is 29.1. The Morgan fingerprint density at radius 2 is 0.567 bits per heavy atom. The lowest BCUT2D eigenvalue weighted by molar-refractivity contribution is -0.870. The van der Waals surface area contributed by atoms with E-state index in [0.29, 0.717) is 17.4 Å². The molecular weight excluding hydrogens is 1110 g/mol. The predicted molar refractivity (Wildman–Crippen MR) is 388 cm³/mol. The van der Waals surface area contributed by atoms with E-state index >= 15 is 0 Å². The van der Waals surface area contributed by atoms with E-state index in [1.54, 1.807) is 0 Å². The number of ether oxygens (including phenoxy) is 4.